The molecule has 1 aliphatic carbocycles. The molecule has 0 aromatic heterocycles. The minimum Gasteiger partial charge on any atom is -0.450 e. The van der Waals surface area contributed by atoms with Gasteiger partial charge in [-0.25, -0.2) is 4.79 Å². The van der Waals surface area contributed by atoms with Crippen LogP contribution in [0, 0.1) is 16.7 Å². The van der Waals surface area contributed by atoms with Gasteiger partial charge in [0.1, 0.15) is 0 Å². The van der Waals surface area contributed by atoms with Crippen molar-refractivity contribution in [3.05, 3.63) is 0 Å². The first-order valence-corrected chi connectivity index (χ1v) is 6.24. The lowest BCUT2D eigenvalue weighted by atomic mass is 10.1. The maximum Gasteiger partial charge on any atom is 0.409 e. The monoisotopic (exact) mass is 237 g/mol. The first kappa shape index (κ1) is 12.2. The van der Waals surface area contributed by atoms with Crippen LogP contribution in [0.15, 0.2) is 0 Å². The van der Waals surface area contributed by atoms with Crippen LogP contribution in [-0.2, 0) is 4.74 Å². The molecule has 1 saturated carbocycles. The molecule has 0 spiro atoms. The quantitative estimate of drug-likeness (QED) is 0.736. The predicted molar refractivity (Wildman–Crippen MR) is 62.3 cm³/mol. The molecule has 0 radical (unpaired) electrons. The highest BCUT2D eigenvalue weighted by Crippen LogP contribution is 2.45. The van der Waals surface area contributed by atoms with Crippen molar-refractivity contribution in [1.82, 2.24) is 9.80 Å². The minimum atomic E-state index is -0.214. The highest BCUT2D eigenvalue weighted by atomic mass is 16.6. The van der Waals surface area contributed by atoms with Crippen molar-refractivity contribution in [1.29, 1.82) is 5.26 Å². The van der Waals surface area contributed by atoms with E-state index in [0.717, 1.165) is 32.5 Å². The third kappa shape index (κ3) is 2.89. The number of hydrogen-bond acceptors (Lipinski definition) is 4. The summed E-state index contributed by atoms with van der Waals surface area (Å²) in [5, 5.41) is 9.04. The predicted octanol–water partition coefficient (Wildman–Crippen LogP) is 1.06. The Bertz CT molecular complexity index is 325. The molecule has 0 N–H and O–H groups in total. The second-order valence-corrected chi connectivity index (χ2v) is 4.85. The summed E-state index contributed by atoms with van der Waals surface area (Å²) in [6, 6.07) is 2.41. The first-order chi connectivity index (χ1) is 8.19. The van der Waals surface area contributed by atoms with Crippen LogP contribution in [0.2, 0.25) is 0 Å². The number of piperazine rings is 1. The molecular formula is C12H19N3O2. The van der Waals surface area contributed by atoms with Gasteiger partial charge < -0.3 is 9.64 Å². The van der Waals surface area contributed by atoms with Crippen molar-refractivity contribution in [3.8, 4) is 6.07 Å². The van der Waals surface area contributed by atoms with Crippen LogP contribution in [-0.4, -0.2) is 55.2 Å². The van der Waals surface area contributed by atoms with E-state index in [9.17, 15) is 4.79 Å². The summed E-state index contributed by atoms with van der Waals surface area (Å²) >= 11 is 0. The Balaban J connectivity index is 1.75. The molecule has 2 fully saturated rings. The summed E-state index contributed by atoms with van der Waals surface area (Å²) in [6.07, 6.45) is 1.84. The lowest BCUT2D eigenvalue weighted by Gasteiger charge is -2.34. The number of amides is 1. The van der Waals surface area contributed by atoms with Gasteiger partial charge >= 0.3 is 6.09 Å². The van der Waals surface area contributed by atoms with Crippen LogP contribution in [0.25, 0.3) is 0 Å². The van der Waals surface area contributed by atoms with Crippen LogP contribution in [0.1, 0.15) is 19.8 Å². The van der Waals surface area contributed by atoms with Gasteiger partial charge in [0.25, 0.3) is 0 Å². The van der Waals surface area contributed by atoms with Gasteiger partial charge in [-0.05, 0) is 19.8 Å². The second-order valence-electron chi connectivity index (χ2n) is 4.85. The van der Waals surface area contributed by atoms with Gasteiger partial charge in [-0.3, -0.25) is 4.90 Å². The number of carbonyl (C=O) groups excluding carboxylic acids is 1. The van der Waals surface area contributed by atoms with E-state index in [1.807, 2.05) is 6.92 Å². The zero-order valence-electron chi connectivity index (χ0n) is 10.3. The molecule has 0 aromatic carbocycles. The fourth-order valence-corrected chi connectivity index (χ4v) is 2.19. The van der Waals surface area contributed by atoms with Crippen LogP contribution in [0.3, 0.4) is 0 Å². The van der Waals surface area contributed by atoms with Gasteiger partial charge in [0, 0.05) is 32.7 Å². The van der Waals surface area contributed by atoms with Crippen molar-refractivity contribution in [2.45, 2.75) is 19.8 Å². The Labute approximate surface area is 102 Å². The third-order valence-electron chi connectivity index (χ3n) is 3.52. The molecule has 1 heterocycles. The number of rotatable bonds is 3. The highest BCUT2D eigenvalue weighted by Gasteiger charge is 2.44. The SMILES string of the molecule is CCOC(=O)N1CCN(CC2(C#N)CC2)CC1. The van der Waals surface area contributed by atoms with Gasteiger partial charge in [0.15, 0.2) is 0 Å². The number of ether oxygens (including phenoxy) is 1. The first-order valence-electron chi connectivity index (χ1n) is 6.24. The van der Waals surface area contributed by atoms with E-state index in [4.69, 9.17) is 10.00 Å². The molecule has 1 aliphatic heterocycles. The number of nitriles is 1. The summed E-state index contributed by atoms with van der Waals surface area (Å²) in [6.45, 7) is 6.22. The Morgan fingerprint density at radius 1 is 1.35 bits per heavy atom. The third-order valence-corrected chi connectivity index (χ3v) is 3.52. The lowest BCUT2D eigenvalue weighted by molar-refractivity contribution is 0.0763. The Hall–Kier alpha value is -1.28. The van der Waals surface area contributed by atoms with Crippen molar-refractivity contribution in [3.63, 3.8) is 0 Å². The molecule has 2 aliphatic rings. The van der Waals surface area contributed by atoms with Crippen LogP contribution >= 0.6 is 0 Å². The molecule has 1 amide bonds. The van der Waals surface area contributed by atoms with E-state index < -0.39 is 0 Å². The molecule has 1 saturated heterocycles. The second kappa shape index (κ2) is 4.92. The summed E-state index contributed by atoms with van der Waals surface area (Å²) in [5.41, 5.74) is -0.0773. The molecule has 0 bridgehead atoms. The van der Waals surface area contributed by atoms with Gasteiger partial charge in [-0.1, -0.05) is 0 Å². The lowest BCUT2D eigenvalue weighted by Crippen LogP contribution is -2.50. The van der Waals surface area contributed by atoms with Crippen LogP contribution < -0.4 is 0 Å². The normalized spacial score (nSPS) is 22.9. The zero-order valence-corrected chi connectivity index (χ0v) is 10.3. The average Bonchev–Trinajstić information content (AvgIpc) is 3.11. The van der Waals surface area contributed by atoms with E-state index in [1.165, 1.54) is 0 Å². The molecule has 0 unspecified atom stereocenters. The minimum absolute atomic E-state index is 0.0773. The Morgan fingerprint density at radius 3 is 2.47 bits per heavy atom. The summed E-state index contributed by atoms with van der Waals surface area (Å²) < 4.78 is 4.97. The number of nitrogens with zero attached hydrogens (tertiary/aromatic N) is 3. The topological polar surface area (TPSA) is 56.6 Å². The van der Waals surface area contributed by atoms with Gasteiger partial charge in [-0.15, -0.1) is 0 Å². The van der Waals surface area contributed by atoms with Gasteiger partial charge in [0.05, 0.1) is 18.1 Å². The molecule has 5 nitrogen and oxygen atoms in total. The zero-order chi connectivity index (χ0) is 12.3. The van der Waals surface area contributed by atoms with Crippen LogP contribution in [0.4, 0.5) is 4.79 Å². The standard InChI is InChI=1S/C12H19N3O2/c1-2-17-11(16)15-7-5-14(6-8-15)10-12(9-13)3-4-12/h2-8,10H2,1H3. The van der Waals surface area contributed by atoms with Crippen LogP contribution in [0.5, 0.6) is 0 Å². The highest BCUT2D eigenvalue weighted by molar-refractivity contribution is 5.67. The van der Waals surface area contributed by atoms with E-state index in [1.54, 1.807) is 4.90 Å². The fraction of sp³-hybridized carbons (Fsp3) is 0.833. The number of carbonyl (C=O) groups is 1. The molecular weight excluding hydrogens is 218 g/mol. The average molecular weight is 237 g/mol. The molecule has 0 aromatic rings. The van der Waals surface area contributed by atoms with E-state index in [0.29, 0.717) is 19.7 Å². The Kier molecular flexibility index (Phi) is 3.53. The van der Waals surface area contributed by atoms with Crippen molar-refractivity contribution < 1.29 is 9.53 Å². The molecule has 94 valence electrons. The summed E-state index contributed by atoms with van der Waals surface area (Å²) in [4.78, 5) is 15.5. The Morgan fingerprint density at radius 2 is 2.00 bits per heavy atom. The van der Waals surface area contributed by atoms with E-state index >= 15 is 0 Å². The molecule has 2 rings (SSSR count). The summed E-state index contributed by atoms with van der Waals surface area (Å²) in [7, 11) is 0. The smallest absolute Gasteiger partial charge is 0.409 e. The molecule has 17 heavy (non-hydrogen) atoms. The maximum atomic E-state index is 11.5. The number of hydrogen-bond donors (Lipinski definition) is 0. The largest absolute Gasteiger partial charge is 0.450 e. The molecule has 5 heteroatoms. The van der Waals surface area contributed by atoms with Crippen molar-refractivity contribution in [2.75, 3.05) is 39.3 Å². The maximum absolute atomic E-state index is 11.5. The van der Waals surface area contributed by atoms with E-state index in [2.05, 4.69) is 11.0 Å². The van der Waals surface area contributed by atoms with E-state index in [-0.39, 0.29) is 11.5 Å². The van der Waals surface area contributed by atoms with Gasteiger partial charge in [-0.2, -0.15) is 5.26 Å². The fourth-order valence-electron chi connectivity index (χ4n) is 2.19. The van der Waals surface area contributed by atoms with Crippen molar-refractivity contribution >= 4 is 6.09 Å². The summed E-state index contributed by atoms with van der Waals surface area (Å²) in [5.74, 6) is 0. The van der Waals surface area contributed by atoms with Crippen molar-refractivity contribution in [2.24, 2.45) is 5.41 Å². The molecule has 0 atom stereocenters. The van der Waals surface area contributed by atoms with Gasteiger partial charge in [0.2, 0.25) is 0 Å².